The van der Waals surface area contributed by atoms with Gasteiger partial charge in [-0.1, -0.05) is 62.1 Å². The van der Waals surface area contributed by atoms with Crippen LogP contribution < -0.4 is 0 Å². The second-order valence-electron chi connectivity index (χ2n) is 6.39. The third-order valence-corrected chi connectivity index (χ3v) is 9.39. The Morgan fingerprint density at radius 3 is 2.16 bits per heavy atom. The summed E-state index contributed by atoms with van der Waals surface area (Å²) < 4.78 is 25.1. The Bertz CT molecular complexity index is 527. The molecule has 0 radical (unpaired) electrons. The minimum absolute atomic E-state index is 0.324. The molecular formula is C15H24O2SSi. The molecule has 0 fully saturated rings. The largest absolute Gasteiger partial charge is 0.229 e. The predicted molar refractivity (Wildman–Crippen MR) is 85.9 cm³/mol. The SMILES string of the molecule is C=C(C)C(Cc1ccccc1)S(=O)(=O)C[Si](C)(C)C. The van der Waals surface area contributed by atoms with Gasteiger partial charge < -0.3 is 0 Å². The number of rotatable bonds is 6. The molecular weight excluding hydrogens is 272 g/mol. The van der Waals surface area contributed by atoms with Crippen molar-refractivity contribution in [1.29, 1.82) is 0 Å². The first-order valence-electron chi connectivity index (χ1n) is 6.53. The Labute approximate surface area is 118 Å². The van der Waals surface area contributed by atoms with E-state index < -0.39 is 23.2 Å². The molecule has 1 rings (SSSR count). The fourth-order valence-corrected chi connectivity index (χ4v) is 8.83. The smallest absolute Gasteiger partial charge is 0.154 e. The molecule has 0 saturated heterocycles. The van der Waals surface area contributed by atoms with E-state index in [1.54, 1.807) is 0 Å². The van der Waals surface area contributed by atoms with E-state index in [1.165, 1.54) is 0 Å². The maximum atomic E-state index is 12.6. The van der Waals surface area contributed by atoms with Crippen LogP contribution in [0.5, 0.6) is 0 Å². The Kier molecular flexibility index (Phi) is 5.16. The van der Waals surface area contributed by atoms with Gasteiger partial charge >= 0.3 is 0 Å². The first-order chi connectivity index (χ1) is 8.62. The monoisotopic (exact) mass is 296 g/mol. The summed E-state index contributed by atoms with van der Waals surface area (Å²) in [5.41, 5.74) is 1.79. The summed E-state index contributed by atoms with van der Waals surface area (Å²) in [4.78, 5) is 0. The van der Waals surface area contributed by atoms with E-state index in [0.717, 1.165) is 11.1 Å². The van der Waals surface area contributed by atoms with E-state index in [-0.39, 0.29) is 0 Å². The second kappa shape index (κ2) is 6.05. The van der Waals surface area contributed by atoms with Gasteiger partial charge in [-0.3, -0.25) is 0 Å². The van der Waals surface area contributed by atoms with E-state index in [2.05, 4.69) is 26.2 Å². The Morgan fingerprint density at radius 1 is 1.21 bits per heavy atom. The highest BCUT2D eigenvalue weighted by Gasteiger charge is 2.31. The molecule has 0 N–H and O–H groups in total. The van der Waals surface area contributed by atoms with Gasteiger partial charge in [0.15, 0.2) is 9.84 Å². The van der Waals surface area contributed by atoms with Crippen molar-refractivity contribution in [3.05, 3.63) is 48.0 Å². The molecule has 4 heteroatoms. The minimum Gasteiger partial charge on any atom is -0.229 e. The molecule has 0 heterocycles. The van der Waals surface area contributed by atoms with Gasteiger partial charge in [-0.15, -0.1) is 0 Å². The summed E-state index contributed by atoms with van der Waals surface area (Å²) in [5.74, 6) is 0. The van der Waals surface area contributed by atoms with Crippen LogP contribution in [0.2, 0.25) is 19.6 Å². The number of benzene rings is 1. The summed E-state index contributed by atoms with van der Waals surface area (Å²) >= 11 is 0. The number of hydrogen-bond acceptors (Lipinski definition) is 2. The molecule has 0 aliphatic heterocycles. The maximum Gasteiger partial charge on any atom is 0.154 e. The summed E-state index contributed by atoms with van der Waals surface area (Å²) in [6.07, 6.45) is 0.531. The van der Waals surface area contributed by atoms with Crippen molar-refractivity contribution in [2.45, 2.75) is 38.2 Å². The van der Waals surface area contributed by atoms with Gasteiger partial charge in [0.2, 0.25) is 0 Å². The van der Waals surface area contributed by atoms with Crippen LogP contribution in [0.4, 0.5) is 0 Å². The van der Waals surface area contributed by atoms with Crippen molar-refractivity contribution >= 4 is 17.9 Å². The predicted octanol–water partition coefficient (Wildman–Crippen LogP) is 3.47. The zero-order valence-electron chi connectivity index (χ0n) is 12.3. The van der Waals surface area contributed by atoms with Gasteiger partial charge in [0, 0.05) is 5.38 Å². The highest BCUT2D eigenvalue weighted by atomic mass is 32.2. The third kappa shape index (κ3) is 5.33. The van der Waals surface area contributed by atoms with Crippen molar-refractivity contribution in [2.24, 2.45) is 0 Å². The topological polar surface area (TPSA) is 34.1 Å². The molecule has 1 aromatic carbocycles. The van der Waals surface area contributed by atoms with Crippen molar-refractivity contribution < 1.29 is 8.42 Å². The van der Waals surface area contributed by atoms with Gasteiger partial charge in [0.1, 0.15) is 0 Å². The first kappa shape index (κ1) is 16.2. The lowest BCUT2D eigenvalue weighted by atomic mass is 10.1. The van der Waals surface area contributed by atoms with Crippen LogP contribution in [0.1, 0.15) is 12.5 Å². The number of sulfone groups is 1. The van der Waals surface area contributed by atoms with Gasteiger partial charge in [0.25, 0.3) is 0 Å². The molecule has 0 spiro atoms. The molecule has 0 aromatic heterocycles. The summed E-state index contributed by atoms with van der Waals surface area (Å²) in [7, 11) is -4.76. The van der Waals surface area contributed by atoms with Crippen LogP contribution in [-0.2, 0) is 16.3 Å². The first-order valence-corrected chi connectivity index (χ1v) is 11.9. The van der Waals surface area contributed by atoms with Crippen LogP contribution in [0.3, 0.4) is 0 Å². The van der Waals surface area contributed by atoms with Crippen molar-refractivity contribution in [2.75, 3.05) is 5.38 Å². The molecule has 19 heavy (non-hydrogen) atoms. The van der Waals surface area contributed by atoms with Crippen LogP contribution in [0.15, 0.2) is 42.5 Å². The van der Waals surface area contributed by atoms with E-state index in [4.69, 9.17) is 0 Å². The molecule has 1 atom stereocenters. The maximum absolute atomic E-state index is 12.6. The summed E-state index contributed by atoms with van der Waals surface area (Å²) in [5, 5.41) is -0.133. The van der Waals surface area contributed by atoms with Gasteiger partial charge in [-0.2, -0.15) is 0 Å². The zero-order chi connectivity index (χ0) is 14.7. The Balaban J connectivity index is 2.99. The molecule has 0 amide bonds. The highest BCUT2D eigenvalue weighted by Crippen LogP contribution is 2.20. The summed E-state index contributed by atoms with van der Waals surface area (Å²) in [6.45, 7) is 12.0. The van der Waals surface area contributed by atoms with E-state index in [9.17, 15) is 8.42 Å². The molecule has 0 bridgehead atoms. The van der Waals surface area contributed by atoms with Crippen LogP contribution in [0.25, 0.3) is 0 Å². The van der Waals surface area contributed by atoms with Gasteiger partial charge in [0.05, 0.1) is 13.3 Å². The van der Waals surface area contributed by atoms with E-state index in [1.807, 2.05) is 37.3 Å². The fourth-order valence-electron chi connectivity index (χ4n) is 2.14. The van der Waals surface area contributed by atoms with Crippen molar-refractivity contribution in [3.63, 3.8) is 0 Å². The Morgan fingerprint density at radius 2 is 1.74 bits per heavy atom. The lowest BCUT2D eigenvalue weighted by Crippen LogP contribution is -2.38. The lowest BCUT2D eigenvalue weighted by Gasteiger charge is -2.23. The van der Waals surface area contributed by atoms with E-state index >= 15 is 0 Å². The molecule has 106 valence electrons. The molecule has 2 nitrogen and oxygen atoms in total. The fraction of sp³-hybridized carbons (Fsp3) is 0.467. The zero-order valence-corrected chi connectivity index (χ0v) is 14.1. The Hall–Kier alpha value is -0.873. The normalized spacial score (nSPS) is 14.1. The van der Waals surface area contributed by atoms with Gasteiger partial charge in [-0.05, 0) is 18.9 Å². The molecule has 1 unspecified atom stereocenters. The molecule has 0 saturated carbocycles. The second-order valence-corrected chi connectivity index (χ2v) is 14.6. The summed E-state index contributed by atoms with van der Waals surface area (Å²) in [6, 6.07) is 9.77. The average Bonchev–Trinajstić information content (AvgIpc) is 2.23. The average molecular weight is 297 g/mol. The van der Waals surface area contributed by atoms with Crippen LogP contribution in [0, 0.1) is 0 Å². The molecule has 1 aromatic rings. The van der Waals surface area contributed by atoms with Crippen molar-refractivity contribution in [3.8, 4) is 0 Å². The molecule has 0 aliphatic carbocycles. The minimum atomic E-state index is -3.12. The van der Waals surface area contributed by atoms with Crippen LogP contribution in [-0.4, -0.2) is 27.1 Å². The standard InChI is InChI=1S/C15H24O2SSi/c1-13(2)15(11-14-9-7-6-8-10-14)18(16,17)12-19(3,4)5/h6-10,15H,1,11-12H2,2-5H3. The van der Waals surface area contributed by atoms with Crippen LogP contribution >= 0.6 is 0 Å². The quantitative estimate of drug-likeness (QED) is 0.595. The van der Waals surface area contributed by atoms with Gasteiger partial charge in [-0.25, -0.2) is 8.42 Å². The third-order valence-electron chi connectivity index (χ3n) is 2.88. The molecule has 0 aliphatic rings. The number of hydrogen-bond donors (Lipinski definition) is 0. The lowest BCUT2D eigenvalue weighted by molar-refractivity contribution is 0.589. The van der Waals surface area contributed by atoms with E-state index in [0.29, 0.717) is 11.8 Å². The van der Waals surface area contributed by atoms with Crippen molar-refractivity contribution in [1.82, 2.24) is 0 Å². The highest BCUT2D eigenvalue weighted by molar-refractivity contribution is 7.94.